The Bertz CT molecular complexity index is 408. The number of carboxylic acids is 1. The first-order valence-corrected chi connectivity index (χ1v) is 4.74. The average Bonchev–Trinajstić information content (AvgIpc) is 2.30. The van der Waals surface area contributed by atoms with E-state index in [2.05, 4.69) is 14.9 Å². The van der Waals surface area contributed by atoms with E-state index < -0.39 is 25.7 Å². The molecule has 0 aromatic carbocycles. The lowest BCUT2D eigenvalue weighted by molar-refractivity contribution is 0.0682. The first-order chi connectivity index (χ1) is 5.43. The van der Waals surface area contributed by atoms with Gasteiger partial charge in [-0.1, -0.05) is 0 Å². The van der Waals surface area contributed by atoms with Gasteiger partial charge < -0.3 is 5.11 Å². The molecule has 1 rings (SSSR count). The van der Waals surface area contributed by atoms with Crippen LogP contribution in [0.5, 0.6) is 0 Å². The maximum Gasteiger partial charge on any atom is 0.361 e. The van der Waals surface area contributed by atoms with Crippen LogP contribution in [-0.2, 0) is 9.05 Å². The summed E-state index contributed by atoms with van der Waals surface area (Å²) in [6, 6.07) is 0. The van der Waals surface area contributed by atoms with Gasteiger partial charge in [0.2, 0.25) is 10.7 Å². The SMILES string of the molecule is O=C(O)c1nonc1S(=O)(=O)Cl. The molecule has 9 heteroatoms. The van der Waals surface area contributed by atoms with Gasteiger partial charge in [-0.2, -0.15) is 0 Å². The Hall–Kier alpha value is -1.15. The lowest BCUT2D eigenvalue weighted by Crippen LogP contribution is -2.04. The second-order valence-electron chi connectivity index (χ2n) is 1.66. The first-order valence-electron chi connectivity index (χ1n) is 2.43. The highest BCUT2D eigenvalue weighted by atomic mass is 35.7. The zero-order valence-corrected chi connectivity index (χ0v) is 6.83. The maximum absolute atomic E-state index is 10.6. The van der Waals surface area contributed by atoms with Crippen molar-refractivity contribution >= 4 is 25.7 Å². The molecule has 0 saturated carbocycles. The van der Waals surface area contributed by atoms with E-state index in [4.69, 9.17) is 15.8 Å². The normalized spacial score (nSPS) is 11.4. The molecule has 0 unspecified atom stereocenters. The summed E-state index contributed by atoms with van der Waals surface area (Å²) in [5.74, 6) is -1.57. The molecule has 0 spiro atoms. The summed E-state index contributed by atoms with van der Waals surface area (Å²) < 4.78 is 25.0. The summed E-state index contributed by atoms with van der Waals surface area (Å²) in [5.41, 5.74) is -0.829. The Balaban J connectivity index is 3.36. The van der Waals surface area contributed by atoms with Crippen LogP contribution in [0, 0.1) is 0 Å². The fourth-order valence-corrected chi connectivity index (χ4v) is 1.25. The van der Waals surface area contributed by atoms with Gasteiger partial charge in [-0.25, -0.2) is 17.8 Å². The van der Waals surface area contributed by atoms with Crippen LogP contribution in [0.3, 0.4) is 0 Å². The minimum absolute atomic E-state index is 0.829. The van der Waals surface area contributed by atoms with Crippen LogP contribution >= 0.6 is 10.7 Å². The Labute approximate surface area is 70.3 Å². The van der Waals surface area contributed by atoms with Crippen molar-refractivity contribution in [3.8, 4) is 0 Å². The Kier molecular flexibility index (Phi) is 2.02. The minimum atomic E-state index is -4.21. The first kappa shape index (κ1) is 8.94. The Morgan fingerprint density at radius 2 is 2.08 bits per heavy atom. The number of aromatic nitrogens is 2. The molecule has 0 aliphatic heterocycles. The highest BCUT2D eigenvalue weighted by Crippen LogP contribution is 2.15. The molecule has 0 radical (unpaired) electrons. The summed E-state index contributed by atoms with van der Waals surface area (Å²) >= 11 is 0. The number of hydrogen-bond acceptors (Lipinski definition) is 6. The van der Waals surface area contributed by atoms with Crippen molar-refractivity contribution in [3.63, 3.8) is 0 Å². The summed E-state index contributed by atoms with van der Waals surface area (Å²) in [6.45, 7) is 0. The van der Waals surface area contributed by atoms with Crippen molar-refractivity contribution in [2.24, 2.45) is 0 Å². The van der Waals surface area contributed by atoms with Crippen molar-refractivity contribution in [3.05, 3.63) is 5.69 Å². The van der Waals surface area contributed by atoms with E-state index in [1.165, 1.54) is 0 Å². The van der Waals surface area contributed by atoms with E-state index in [1.807, 2.05) is 0 Å². The smallest absolute Gasteiger partial charge is 0.361 e. The standard InChI is InChI=1S/C3HClN2O5S/c4-12(9,10)2-1(3(7)8)5-11-6-2/h(H,7,8). The lowest BCUT2D eigenvalue weighted by Gasteiger charge is -1.86. The number of carboxylic acid groups (broad SMARTS) is 1. The van der Waals surface area contributed by atoms with Gasteiger partial charge in [0, 0.05) is 10.7 Å². The van der Waals surface area contributed by atoms with E-state index in [1.54, 1.807) is 0 Å². The van der Waals surface area contributed by atoms with Crippen molar-refractivity contribution in [1.29, 1.82) is 0 Å². The van der Waals surface area contributed by atoms with Crippen molar-refractivity contribution in [2.75, 3.05) is 0 Å². The Morgan fingerprint density at radius 3 is 2.42 bits per heavy atom. The van der Waals surface area contributed by atoms with Gasteiger partial charge in [0.1, 0.15) is 0 Å². The lowest BCUT2D eigenvalue weighted by atomic mass is 10.5. The zero-order valence-electron chi connectivity index (χ0n) is 5.26. The summed E-state index contributed by atoms with van der Waals surface area (Å²) in [7, 11) is 0.584. The molecule has 1 aromatic heterocycles. The fourth-order valence-electron chi connectivity index (χ4n) is 0.471. The van der Waals surface area contributed by atoms with E-state index in [0.717, 1.165) is 0 Å². The number of aromatic carboxylic acids is 1. The molecule has 0 atom stereocenters. The van der Waals surface area contributed by atoms with E-state index >= 15 is 0 Å². The van der Waals surface area contributed by atoms with Crippen LogP contribution < -0.4 is 0 Å². The van der Waals surface area contributed by atoms with Crippen molar-refractivity contribution < 1.29 is 22.9 Å². The molecule has 0 aliphatic carbocycles. The molecule has 1 N–H and O–H groups in total. The topological polar surface area (TPSA) is 110 Å². The third-order valence-electron chi connectivity index (χ3n) is 0.892. The molecule has 0 aliphatic rings. The molecule has 0 fully saturated rings. The van der Waals surface area contributed by atoms with Gasteiger partial charge >= 0.3 is 5.97 Å². The quantitative estimate of drug-likeness (QED) is 0.670. The number of nitrogens with zero attached hydrogens (tertiary/aromatic N) is 2. The van der Waals surface area contributed by atoms with Crippen molar-refractivity contribution in [2.45, 2.75) is 5.03 Å². The number of halogens is 1. The summed E-state index contributed by atoms with van der Waals surface area (Å²) in [5, 5.41) is 13.1. The predicted octanol–water partition coefficient (Wildman–Crippen LogP) is -0.305. The predicted molar refractivity (Wildman–Crippen MR) is 34.3 cm³/mol. The van der Waals surface area contributed by atoms with Gasteiger partial charge in [0.15, 0.2) is 0 Å². The number of hydrogen-bond donors (Lipinski definition) is 1. The molecular weight excluding hydrogens is 212 g/mol. The molecule has 12 heavy (non-hydrogen) atoms. The molecule has 0 saturated heterocycles. The summed E-state index contributed by atoms with van der Waals surface area (Å²) in [4.78, 5) is 10.2. The van der Waals surface area contributed by atoms with Crippen LogP contribution in [0.4, 0.5) is 0 Å². The van der Waals surface area contributed by atoms with Gasteiger partial charge in [0.05, 0.1) is 0 Å². The fraction of sp³-hybridized carbons (Fsp3) is 0. The molecule has 0 amide bonds. The van der Waals surface area contributed by atoms with Gasteiger partial charge in [-0.3, -0.25) is 0 Å². The second kappa shape index (κ2) is 2.72. The van der Waals surface area contributed by atoms with Crippen LogP contribution in [0.2, 0.25) is 0 Å². The number of rotatable bonds is 2. The van der Waals surface area contributed by atoms with Crippen molar-refractivity contribution in [1.82, 2.24) is 10.3 Å². The molecule has 66 valence electrons. The van der Waals surface area contributed by atoms with E-state index in [-0.39, 0.29) is 0 Å². The summed E-state index contributed by atoms with van der Waals surface area (Å²) in [6.07, 6.45) is 0. The van der Waals surface area contributed by atoms with Gasteiger partial charge in [0.25, 0.3) is 9.05 Å². The van der Waals surface area contributed by atoms with Crippen LogP contribution in [0.1, 0.15) is 10.5 Å². The van der Waals surface area contributed by atoms with Crippen LogP contribution in [-0.4, -0.2) is 29.8 Å². The highest BCUT2D eigenvalue weighted by molar-refractivity contribution is 8.13. The molecule has 0 bridgehead atoms. The number of carbonyl (C=O) groups is 1. The second-order valence-corrected chi connectivity index (χ2v) is 4.14. The molecule has 1 heterocycles. The van der Waals surface area contributed by atoms with E-state index in [9.17, 15) is 13.2 Å². The largest absolute Gasteiger partial charge is 0.476 e. The average molecular weight is 213 g/mol. The third-order valence-corrected chi connectivity index (χ3v) is 2.06. The van der Waals surface area contributed by atoms with Crippen LogP contribution in [0.25, 0.3) is 0 Å². The van der Waals surface area contributed by atoms with Gasteiger partial charge in [-0.05, 0) is 10.3 Å². The minimum Gasteiger partial charge on any atom is -0.476 e. The monoisotopic (exact) mass is 212 g/mol. The van der Waals surface area contributed by atoms with E-state index in [0.29, 0.717) is 0 Å². The zero-order chi connectivity index (χ0) is 9.35. The van der Waals surface area contributed by atoms with Gasteiger partial charge in [-0.15, -0.1) is 0 Å². The molecular formula is C3HClN2O5S. The van der Waals surface area contributed by atoms with Crippen LogP contribution in [0.15, 0.2) is 9.65 Å². The molecule has 1 aromatic rings. The third kappa shape index (κ3) is 1.53. The maximum atomic E-state index is 10.6. The Morgan fingerprint density at radius 1 is 1.50 bits per heavy atom. The molecule has 7 nitrogen and oxygen atoms in total. The highest BCUT2D eigenvalue weighted by Gasteiger charge is 2.27.